The first-order valence-corrected chi connectivity index (χ1v) is 6.48. The van der Waals surface area contributed by atoms with Crippen molar-refractivity contribution in [3.8, 4) is 11.3 Å². The van der Waals surface area contributed by atoms with Crippen molar-refractivity contribution in [3.63, 3.8) is 0 Å². The summed E-state index contributed by atoms with van der Waals surface area (Å²) in [6, 6.07) is 7.56. The van der Waals surface area contributed by atoms with Gasteiger partial charge in [0.25, 0.3) is 5.91 Å². The summed E-state index contributed by atoms with van der Waals surface area (Å²) < 4.78 is 18.1. The molecule has 3 rings (SSSR count). The van der Waals surface area contributed by atoms with Crippen LogP contribution in [0.4, 0.5) is 4.39 Å². The predicted octanol–water partition coefficient (Wildman–Crippen LogP) is 2.20. The zero-order valence-electron chi connectivity index (χ0n) is 11.4. The molecule has 7 heteroatoms. The Morgan fingerprint density at radius 2 is 2.05 bits per heavy atom. The van der Waals surface area contributed by atoms with Crippen molar-refractivity contribution >= 4 is 5.91 Å². The molecule has 0 saturated carbocycles. The van der Waals surface area contributed by atoms with E-state index in [2.05, 4.69) is 20.4 Å². The SMILES string of the molecule is O=C(NCc1cc(-c2ccc(F)cc2)on1)c1cnccn1. The Morgan fingerprint density at radius 1 is 1.23 bits per heavy atom. The maximum Gasteiger partial charge on any atom is 0.271 e. The van der Waals surface area contributed by atoms with Crippen molar-refractivity contribution in [2.75, 3.05) is 0 Å². The number of benzene rings is 1. The molecule has 0 aliphatic heterocycles. The van der Waals surface area contributed by atoms with E-state index >= 15 is 0 Å². The summed E-state index contributed by atoms with van der Waals surface area (Å²) in [5.41, 5.74) is 1.49. The lowest BCUT2D eigenvalue weighted by atomic mass is 10.1. The third-order valence-electron chi connectivity index (χ3n) is 2.91. The Kier molecular flexibility index (Phi) is 3.86. The number of hydrogen-bond acceptors (Lipinski definition) is 5. The molecule has 6 nitrogen and oxygen atoms in total. The summed E-state index contributed by atoms with van der Waals surface area (Å²) in [6.45, 7) is 0.195. The van der Waals surface area contributed by atoms with Gasteiger partial charge in [-0.1, -0.05) is 5.16 Å². The van der Waals surface area contributed by atoms with Crippen LogP contribution in [0.15, 0.2) is 53.4 Å². The molecule has 0 bridgehead atoms. The second-order valence-electron chi connectivity index (χ2n) is 4.46. The van der Waals surface area contributed by atoms with Gasteiger partial charge in [0.05, 0.1) is 12.7 Å². The van der Waals surface area contributed by atoms with Gasteiger partial charge in [-0.2, -0.15) is 0 Å². The van der Waals surface area contributed by atoms with Crippen LogP contribution in [0.2, 0.25) is 0 Å². The first-order valence-electron chi connectivity index (χ1n) is 6.48. The minimum absolute atomic E-state index is 0.195. The molecule has 0 aliphatic carbocycles. The molecule has 1 amide bonds. The van der Waals surface area contributed by atoms with Crippen molar-refractivity contribution in [2.24, 2.45) is 0 Å². The van der Waals surface area contributed by atoms with Crippen LogP contribution in [-0.4, -0.2) is 21.0 Å². The Balaban J connectivity index is 1.65. The summed E-state index contributed by atoms with van der Waals surface area (Å²) in [5, 5.41) is 6.53. The molecule has 0 radical (unpaired) electrons. The van der Waals surface area contributed by atoms with Crippen molar-refractivity contribution in [2.45, 2.75) is 6.54 Å². The van der Waals surface area contributed by atoms with E-state index in [0.717, 1.165) is 0 Å². The van der Waals surface area contributed by atoms with Gasteiger partial charge in [0.1, 0.15) is 17.2 Å². The van der Waals surface area contributed by atoms with Crippen molar-refractivity contribution in [1.82, 2.24) is 20.4 Å². The molecule has 0 unspecified atom stereocenters. The molecule has 1 N–H and O–H groups in total. The molecule has 0 saturated heterocycles. The van der Waals surface area contributed by atoms with Crippen LogP contribution in [0, 0.1) is 5.82 Å². The number of amides is 1. The standard InChI is InChI=1S/C15H11FN4O2/c16-11-3-1-10(2-4-11)14-7-12(20-22-14)8-19-15(21)13-9-17-5-6-18-13/h1-7,9H,8H2,(H,19,21). The lowest BCUT2D eigenvalue weighted by Crippen LogP contribution is -2.23. The minimum atomic E-state index is -0.348. The molecule has 22 heavy (non-hydrogen) atoms. The molecule has 0 aliphatic rings. The van der Waals surface area contributed by atoms with Gasteiger partial charge >= 0.3 is 0 Å². The zero-order chi connectivity index (χ0) is 15.4. The molecule has 0 fully saturated rings. The fourth-order valence-corrected chi connectivity index (χ4v) is 1.82. The fraction of sp³-hybridized carbons (Fsp3) is 0.0667. The summed E-state index contributed by atoms with van der Waals surface area (Å²) in [5.74, 6) is -0.164. The quantitative estimate of drug-likeness (QED) is 0.798. The monoisotopic (exact) mass is 298 g/mol. The average molecular weight is 298 g/mol. The number of halogens is 1. The summed E-state index contributed by atoms with van der Waals surface area (Å²) in [4.78, 5) is 19.5. The van der Waals surface area contributed by atoms with Gasteiger partial charge in [-0.05, 0) is 24.3 Å². The van der Waals surface area contributed by atoms with Crippen LogP contribution in [0.3, 0.4) is 0 Å². The van der Waals surface area contributed by atoms with E-state index in [1.54, 1.807) is 18.2 Å². The highest BCUT2D eigenvalue weighted by atomic mass is 19.1. The van der Waals surface area contributed by atoms with Gasteiger partial charge in [-0.25, -0.2) is 9.37 Å². The molecule has 1 aromatic carbocycles. The second-order valence-corrected chi connectivity index (χ2v) is 4.46. The molecular weight excluding hydrogens is 287 g/mol. The zero-order valence-corrected chi connectivity index (χ0v) is 11.4. The van der Waals surface area contributed by atoms with E-state index in [0.29, 0.717) is 17.0 Å². The number of aromatic nitrogens is 3. The molecule has 0 spiro atoms. The maximum atomic E-state index is 12.9. The Hall–Kier alpha value is -3.09. The fourth-order valence-electron chi connectivity index (χ4n) is 1.82. The summed E-state index contributed by atoms with van der Waals surface area (Å²) in [7, 11) is 0. The van der Waals surface area contributed by atoms with E-state index in [-0.39, 0.29) is 24.0 Å². The Morgan fingerprint density at radius 3 is 2.77 bits per heavy atom. The molecule has 2 heterocycles. The summed E-state index contributed by atoms with van der Waals surface area (Å²) in [6.07, 6.45) is 4.31. The number of hydrogen-bond donors (Lipinski definition) is 1. The van der Waals surface area contributed by atoms with E-state index < -0.39 is 0 Å². The topological polar surface area (TPSA) is 80.9 Å². The van der Waals surface area contributed by atoms with Crippen LogP contribution in [-0.2, 0) is 6.54 Å². The van der Waals surface area contributed by atoms with Crippen molar-refractivity contribution in [1.29, 1.82) is 0 Å². The third kappa shape index (κ3) is 3.14. The number of rotatable bonds is 4. The van der Waals surface area contributed by atoms with Crippen LogP contribution in [0.5, 0.6) is 0 Å². The molecule has 3 aromatic rings. The second kappa shape index (κ2) is 6.13. The first-order chi connectivity index (χ1) is 10.7. The molecule has 110 valence electrons. The molecule has 0 atom stereocenters. The maximum absolute atomic E-state index is 12.9. The number of nitrogens with one attached hydrogen (secondary N) is 1. The van der Waals surface area contributed by atoms with Crippen molar-refractivity contribution in [3.05, 3.63) is 66.1 Å². The molecular formula is C15H11FN4O2. The Bertz CT molecular complexity index is 772. The van der Waals surface area contributed by atoms with E-state index in [1.807, 2.05) is 0 Å². The molecule has 2 aromatic heterocycles. The van der Waals surface area contributed by atoms with Crippen LogP contribution < -0.4 is 5.32 Å². The van der Waals surface area contributed by atoms with Gasteiger partial charge < -0.3 is 9.84 Å². The third-order valence-corrected chi connectivity index (χ3v) is 2.91. The highest BCUT2D eigenvalue weighted by molar-refractivity contribution is 5.91. The van der Waals surface area contributed by atoms with E-state index in [9.17, 15) is 9.18 Å². The lowest BCUT2D eigenvalue weighted by Gasteiger charge is -2.00. The normalized spacial score (nSPS) is 10.4. The minimum Gasteiger partial charge on any atom is -0.356 e. The number of nitrogens with zero attached hydrogens (tertiary/aromatic N) is 3. The predicted molar refractivity (Wildman–Crippen MR) is 75.1 cm³/mol. The van der Waals surface area contributed by atoms with Gasteiger partial charge in [0.2, 0.25) is 0 Å². The van der Waals surface area contributed by atoms with Gasteiger partial charge in [-0.3, -0.25) is 9.78 Å². The number of carbonyl (C=O) groups is 1. The lowest BCUT2D eigenvalue weighted by molar-refractivity contribution is 0.0944. The highest BCUT2D eigenvalue weighted by Gasteiger charge is 2.10. The van der Waals surface area contributed by atoms with E-state index in [1.165, 1.54) is 30.7 Å². The smallest absolute Gasteiger partial charge is 0.271 e. The van der Waals surface area contributed by atoms with Crippen LogP contribution in [0.25, 0.3) is 11.3 Å². The van der Waals surface area contributed by atoms with Gasteiger partial charge in [0, 0.05) is 24.0 Å². The first kappa shape index (κ1) is 13.9. The van der Waals surface area contributed by atoms with Gasteiger partial charge in [0.15, 0.2) is 5.76 Å². The highest BCUT2D eigenvalue weighted by Crippen LogP contribution is 2.20. The summed E-state index contributed by atoms with van der Waals surface area (Å²) >= 11 is 0. The van der Waals surface area contributed by atoms with Crippen LogP contribution in [0.1, 0.15) is 16.2 Å². The number of carbonyl (C=O) groups excluding carboxylic acids is 1. The largest absolute Gasteiger partial charge is 0.356 e. The van der Waals surface area contributed by atoms with Crippen LogP contribution >= 0.6 is 0 Å². The van der Waals surface area contributed by atoms with E-state index in [4.69, 9.17) is 4.52 Å². The average Bonchev–Trinajstić information content (AvgIpc) is 3.03. The van der Waals surface area contributed by atoms with Crippen molar-refractivity contribution < 1.29 is 13.7 Å². The Labute approximate surface area is 125 Å². The van der Waals surface area contributed by atoms with Gasteiger partial charge in [-0.15, -0.1) is 0 Å².